The number of aliphatic hydroxyl groups excluding tert-OH is 1. The number of amides is 1. The summed E-state index contributed by atoms with van der Waals surface area (Å²) in [6.07, 6.45) is -9.83. The fourth-order valence-electron chi connectivity index (χ4n) is 12.7. The quantitative estimate of drug-likeness (QED) is 0.0481. The normalized spacial score (nSPS) is 30.8. The first-order chi connectivity index (χ1) is 33.9. The molecule has 16 nitrogen and oxygen atoms in total. The number of carbonyl (C=O) groups excluding carboxylic acids is 5. The summed E-state index contributed by atoms with van der Waals surface area (Å²) in [7, 11) is -5.26. The zero-order chi connectivity index (χ0) is 54.9. The highest BCUT2D eigenvalue weighted by Crippen LogP contribution is 2.66. The number of hydrogen-bond donors (Lipinski definition) is 3. The molecule has 3 aliphatic carbocycles. The van der Waals surface area contributed by atoms with Crippen molar-refractivity contribution in [2.45, 2.75) is 239 Å². The van der Waals surface area contributed by atoms with Gasteiger partial charge in [0.05, 0.1) is 30.2 Å². The Labute approximate surface area is 436 Å². The molecule has 0 radical (unpaired) electrons. The highest BCUT2D eigenvalue weighted by Gasteiger charge is 2.78. The standard InChI is InChI=1S/C55H89NO15Si2/c1-18-72(19-2,20-3)70-40-30-41-54(32-64-41,68-36(11)58)45-47(67-48(60)37-27-25-24-26-28-37)55(63)31-39(34(9)42(52(55,15)16)44(65-35(10)57)46(59)53(40,45)17)66-49(61)43(71-73(21-4,22-5)23-6)38(29-33(7)8)56-50(62)69-51(12,13)14/h24-28,33,38-41,43-47,59,63H,18-23,29-32H2,1-17H3,(H,56,62)/t38-,39-,40?,41+,43?,44-,45?,46-,47-,53+,54-,55+/m0/s1. The van der Waals surface area contributed by atoms with E-state index in [0.717, 1.165) is 18.1 Å². The molecule has 18 heteroatoms. The first-order valence-electron chi connectivity index (χ1n) is 26.9. The molecule has 3 fully saturated rings. The second-order valence-electron chi connectivity index (χ2n) is 23.4. The number of esters is 4. The maximum Gasteiger partial charge on any atom is 0.407 e. The van der Waals surface area contributed by atoms with Crippen molar-refractivity contribution in [3.8, 4) is 0 Å². The van der Waals surface area contributed by atoms with Crippen LogP contribution in [0.2, 0.25) is 36.3 Å². The van der Waals surface area contributed by atoms with E-state index in [0.29, 0.717) is 30.1 Å². The van der Waals surface area contributed by atoms with Crippen molar-refractivity contribution in [3.05, 3.63) is 47.0 Å². The molecule has 0 aromatic heterocycles. The minimum absolute atomic E-state index is 0.0289. The average molecular weight is 1060 g/mol. The van der Waals surface area contributed by atoms with Crippen molar-refractivity contribution in [3.63, 3.8) is 0 Å². The molecule has 3 unspecified atom stereocenters. The number of fused-ring (bicyclic) bond motifs is 5. The lowest BCUT2D eigenvalue weighted by atomic mass is 9.44. The van der Waals surface area contributed by atoms with E-state index in [2.05, 4.69) is 26.1 Å². The molecule has 2 saturated carbocycles. The van der Waals surface area contributed by atoms with Crippen molar-refractivity contribution in [1.82, 2.24) is 5.32 Å². The number of carbonyl (C=O) groups is 5. The molecule has 5 rings (SSSR count). The van der Waals surface area contributed by atoms with Crippen molar-refractivity contribution in [2.75, 3.05) is 6.61 Å². The first-order valence-corrected chi connectivity index (χ1v) is 31.9. The van der Waals surface area contributed by atoms with Crippen molar-refractivity contribution >= 4 is 46.6 Å². The van der Waals surface area contributed by atoms with Gasteiger partial charge in [0.25, 0.3) is 0 Å². The summed E-state index contributed by atoms with van der Waals surface area (Å²) >= 11 is 0. The maximum absolute atomic E-state index is 15.5. The lowest BCUT2D eigenvalue weighted by Crippen LogP contribution is -2.83. The predicted molar refractivity (Wildman–Crippen MR) is 280 cm³/mol. The Hall–Kier alpha value is -3.66. The van der Waals surface area contributed by atoms with Crippen LogP contribution in [0.4, 0.5) is 4.79 Å². The Bertz CT molecular complexity index is 2150. The van der Waals surface area contributed by atoms with E-state index in [9.17, 15) is 29.4 Å². The third kappa shape index (κ3) is 11.7. The molecule has 1 amide bonds. The lowest BCUT2D eigenvalue weighted by Gasteiger charge is -2.70. The van der Waals surface area contributed by atoms with Crippen molar-refractivity contribution < 1.29 is 71.5 Å². The molecular formula is C55H89NO15Si2. The van der Waals surface area contributed by atoms with Crippen molar-refractivity contribution in [2.24, 2.45) is 22.7 Å². The summed E-state index contributed by atoms with van der Waals surface area (Å²) in [6, 6.07) is 11.6. The van der Waals surface area contributed by atoms with Gasteiger partial charge in [-0.05, 0) is 99.6 Å². The van der Waals surface area contributed by atoms with Crippen LogP contribution in [-0.2, 0) is 51.7 Å². The van der Waals surface area contributed by atoms with Crippen LogP contribution in [0, 0.1) is 22.7 Å². The molecule has 12 atom stereocenters. The molecule has 1 saturated heterocycles. The second-order valence-corrected chi connectivity index (χ2v) is 32.8. The number of ether oxygens (including phenoxy) is 6. The van der Waals surface area contributed by atoms with Crippen LogP contribution in [0.25, 0.3) is 0 Å². The summed E-state index contributed by atoms with van der Waals surface area (Å²) in [5.41, 5.74) is -7.08. The van der Waals surface area contributed by atoms with Gasteiger partial charge in [-0.15, -0.1) is 0 Å². The van der Waals surface area contributed by atoms with E-state index in [1.54, 1.807) is 78.8 Å². The summed E-state index contributed by atoms with van der Waals surface area (Å²) < 4.78 is 52.8. The molecule has 1 aromatic carbocycles. The Morgan fingerprint density at radius 1 is 0.849 bits per heavy atom. The van der Waals surface area contributed by atoms with Gasteiger partial charge in [0, 0.05) is 37.5 Å². The number of alkyl carbamates (subject to hydrolysis) is 1. The minimum Gasteiger partial charge on any atom is -0.456 e. The van der Waals surface area contributed by atoms with Crippen LogP contribution < -0.4 is 5.32 Å². The number of aliphatic hydroxyl groups is 2. The van der Waals surface area contributed by atoms with E-state index in [-0.39, 0.29) is 36.5 Å². The number of nitrogens with one attached hydrogen (secondary N) is 1. The van der Waals surface area contributed by atoms with Crippen LogP contribution in [0.5, 0.6) is 0 Å². The Morgan fingerprint density at radius 2 is 1.42 bits per heavy atom. The molecular weight excluding hydrogens is 971 g/mol. The van der Waals surface area contributed by atoms with Crippen LogP contribution >= 0.6 is 0 Å². The van der Waals surface area contributed by atoms with Gasteiger partial charge in [-0.1, -0.05) is 94.4 Å². The molecule has 1 aliphatic heterocycles. The van der Waals surface area contributed by atoms with Gasteiger partial charge in [0.2, 0.25) is 0 Å². The molecule has 412 valence electrons. The van der Waals surface area contributed by atoms with E-state index in [4.69, 9.17) is 37.3 Å². The summed E-state index contributed by atoms with van der Waals surface area (Å²) in [6.45, 7) is 30.8. The number of hydrogen-bond acceptors (Lipinski definition) is 15. The number of rotatable bonds is 20. The van der Waals surface area contributed by atoms with Crippen LogP contribution in [0.15, 0.2) is 41.5 Å². The highest BCUT2D eigenvalue weighted by atomic mass is 28.4. The zero-order valence-electron chi connectivity index (χ0n) is 46.9. The maximum atomic E-state index is 15.5. The largest absolute Gasteiger partial charge is 0.456 e. The van der Waals surface area contributed by atoms with Crippen LogP contribution in [-0.4, -0.2) is 129 Å². The third-order valence-electron chi connectivity index (χ3n) is 17.3. The van der Waals surface area contributed by atoms with Gasteiger partial charge in [-0.25, -0.2) is 14.4 Å². The van der Waals surface area contributed by atoms with Crippen molar-refractivity contribution in [1.29, 1.82) is 0 Å². The summed E-state index contributed by atoms with van der Waals surface area (Å²) in [5, 5.41) is 31.0. The predicted octanol–water partition coefficient (Wildman–Crippen LogP) is 9.35. The molecule has 1 aromatic rings. The molecule has 0 spiro atoms. The zero-order valence-corrected chi connectivity index (χ0v) is 48.9. The molecule has 73 heavy (non-hydrogen) atoms. The molecule has 3 N–H and O–H groups in total. The number of benzene rings is 1. The van der Waals surface area contributed by atoms with Gasteiger partial charge in [-0.3, -0.25) is 9.59 Å². The van der Waals surface area contributed by atoms with Gasteiger partial charge < -0.3 is 52.8 Å². The van der Waals surface area contributed by atoms with Gasteiger partial charge in [0.15, 0.2) is 34.4 Å². The van der Waals surface area contributed by atoms with Gasteiger partial charge >= 0.3 is 30.0 Å². The lowest BCUT2D eigenvalue weighted by molar-refractivity contribution is -0.363. The second kappa shape index (κ2) is 22.9. The van der Waals surface area contributed by atoms with Crippen LogP contribution in [0.1, 0.15) is 147 Å². The Morgan fingerprint density at radius 3 is 1.90 bits per heavy atom. The van der Waals surface area contributed by atoms with E-state index >= 15 is 4.79 Å². The van der Waals surface area contributed by atoms with E-state index < -0.39 is 129 Å². The Balaban J connectivity index is 1.86. The van der Waals surface area contributed by atoms with E-state index in [1.165, 1.54) is 13.8 Å². The van der Waals surface area contributed by atoms with Gasteiger partial charge in [0.1, 0.15) is 35.6 Å². The van der Waals surface area contributed by atoms with Crippen LogP contribution in [0.3, 0.4) is 0 Å². The monoisotopic (exact) mass is 1060 g/mol. The fourth-order valence-corrected chi connectivity index (χ4v) is 18.5. The fraction of sp³-hybridized carbons (Fsp3) is 0.764. The highest BCUT2D eigenvalue weighted by molar-refractivity contribution is 6.74. The smallest absolute Gasteiger partial charge is 0.407 e. The molecule has 2 bridgehead atoms. The molecule has 4 aliphatic rings. The average Bonchev–Trinajstić information content (AvgIpc) is 3.30. The first kappa shape index (κ1) is 60.2. The molecule has 1 heterocycles. The summed E-state index contributed by atoms with van der Waals surface area (Å²) in [5.74, 6) is -4.35. The summed E-state index contributed by atoms with van der Waals surface area (Å²) in [4.78, 5) is 71.1. The third-order valence-corrected chi connectivity index (χ3v) is 26.6. The topological polar surface area (TPSA) is 212 Å². The Kier molecular flexibility index (Phi) is 18.9. The van der Waals surface area contributed by atoms with E-state index in [1.807, 2.05) is 34.6 Å². The SMILES string of the molecule is CC[Si](CC)(CC)OC(C(=O)O[C@H]1C[C@@]2(O)[C@@H](OC(=O)c3ccccc3)C3[C@@](C)(C(O[Si](CC)(CC)CC)C[C@H]4OC[C@@]34OC(C)=O)[C@@H](O)[C@@H](OC(C)=O)C(=C1C)C2(C)C)[C@H](CC(C)C)NC(=O)OC(C)(C)C. The minimum atomic E-state index is -2.67. The van der Waals surface area contributed by atoms with Gasteiger partial charge in [-0.2, -0.15) is 0 Å².